The van der Waals surface area contributed by atoms with Crippen LogP contribution in [0, 0.1) is 20.8 Å². The van der Waals surface area contributed by atoms with Crippen LogP contribution in [0.1, 0.15) is 33.0 Å². The normalized spacial score (nSPS) is 11.5. The van der Waals surface area contributed by atoms with E-state index in [2.05, 4.69) is 15.3 Å². The molecule has 0 aliphatic rings. The SMILES string of the molecule is Cc1ccc(C(F)(F)CNC(=O)c2nc(C)[nH]c2Sc2ccc(Cl)cc2)c(C)c1. The van der Waals surface area contributed by atoms with Gasteiger partial charge in [-0.15, -0.1) is 0 Å². The number of H-pyrrole nitrogens is 1. The zero-order valence-corrected chi connectivity index (χ0v) is 17.7. The Labute approximate surface area is 177 Å². The van der Waals surface area contributed by atoms with Gasteiger partial charge in [0, 0.05) is 15.5 Å². The molecule has 0 spiro atoms. The summed E-state index contributed by atoms with van der Waals surface area (Å²) in [6, 6.07) is 11.8. The van der Waals surface area contributed by atoms with Crippen molar-refractivity contribution in [2.45, 2.75) is 36.6 Å². The molecule has 4 nitrogen and oxygen atoms in total. The number of nitrogens with zero attached hydrogens (tertiary/aromatic N) is 1. The quantitative estimate of drug-likeness (QED) is 0.525. The first kappa shape index (κ1) is 21.3. The van der Waals surface area contributed by atoms with E-state index in [0.29, 0.717) is 21.4 Å². The maximum atomic E-state index is 14.7. The molecule has 2 aromatic carbocycles. The van der Waals surface area contributed by atoms with Crippen LogP contribution < -0.4 is 5.32 Å². The Morgan fingerprint density at radius 1 is 1.17 bits per heavy atom. The van der Waals surface area contributed by atoms with Gasteiger partial charge in [-0.2, -0.15) is 8.78 Å². The number of aromatic nitrogens is 2. The molecule has 152 valence electrons. The van der Waals surface area contributed by atoms with Crippen molar-refractivity contribution in [1.82, 2.24) is 15.3 Å². The summed E-state index contributed by atoms with van der Waals surface area (Å²) in [5, 5.41) is 3.40. The van der Waals surface area contributed by atoms with E-state index < -0.39 is 18.4 Å². The minimum Gasteiger partial charge on any atom is -0.344 e. The molecule has 3 aromatic rings. The molecule has 0 unspecified atom stereocenters. The smallest absolute Gasteiger partial charge is 0.290 e. The number of hydrogen-bond donors (Lipinski definition) is 2. The van der Waals surface area contributed by atoms with Gasteiger partial charge in [-0.3, -0.25) is 4.79 Å². The van der Waals surface area contributed by atoms with Crippen molar-refractivity contribution < 1.29 is 13.6 Å². The maximum Gasteiger partial charge on any atom is 0.290 e. The second-order valence-corrected chi connectivity index (χ2v) is 8.28. The molecule has 0 saturated heterocycles. The molecule has 8 heteroatoms. The monoisotopic (exact) mass is 435 g/mol. The predicted octanol–water partition coefficient (Wildman–Crippen LogP) is 5.66. The van der Waals surface area contributed by atoms with Crippen LogP contribution in [0.5, 0.6) is 0 Å². The van der Waals surface area contributed by atoms with Gasteiger partial charge in [-0.1, -0.05) is 47.1 Å². The van der Waals surface area contributed by atoms with E-state index in [1.54, 1.807) is 50.2 Å². The minimum atomic E-state index is -3.19. The zero-order chi connectivity index (χ0) is 21.2. The average molecular weight is 436 g/mol. The Bertz CT molecular complexity index is 1030. The van der Waals surface area contributed by atoms with Gasteiger partial charge in [0.05, 0.1) is 6.54 Å². The van der Waals surface area contributed by atoms with Crippen LogP contribution in [0.15, 0.2) is 52.4 Å². The fraction of sp³-hybridized carbons (Fsp3) is 0.238. The van der Waals surface area contributed by atoms with E-state index in [9.17, 15) is 13.6 Å². The molecule has 0 radical (unpaired) electrons. The molecule has 2 N–H and O–H groups in total. The fourth-order valence-electron chi connectivity index (χ4n) is 2.91. The average Bonchev–Trinajstić information content (AvgIpc) is 3.01. The van der Waals surface area contributed by atoms with E-state index in [4.69, 9.17) is 11.6 Å². The number of aryl methyl sites for hydroxylation is 3. The van der Waals surface area contributed by atoms with E-state index in [1.807, 2.05) is 6.92 Å². The molecule has 0 bridgehead atoms. The van der Waals surface area contributed by atoms with Crippen molar-refractivity contribution in [1.29, 1.82) is 0 Å². The summed E-state index contributed by atoms with van der Waals surface area (Å²) in [5.74, 6) is -3.33. The van der Waals surface area contributed by atoms with Crippen molar-refractivity contribution in [3.63, 3.8) is 0 Å². The summed E-state index contributed by atoms with van der Waals surface area (Å²) in [5.41, 5.74) is 1.37. The number of hydrogen-bond acceptors (Lipinski definition) is 3. The Hall–Kier alpha value is -2.38. The summed E-state index contributed by atoms with van der Waals surface area (Å²) >= 11 is 7.17. The number of alkyl halides is 2. The summed E-state index contributed by atoms with van der Waals surface area (Å²) in [6.07, 6.45) is 0. The third kappa shape index (κ3) is 5.16. The second kappa shape index (κ2) is 8.55. The maximum absolute atomic E-state index is 14.7. The van der Waals surface area contributed by atoms with Crippen LogP contribution >= 0.6 is 23.4 Å². The highest BCUT2D eigenvalue weighted by atomic mass is 35.5. The lowest BCUT2D eigenvalue weighted by Gasteiger charge is -2.19. The van der Waals surface area contributed by atoms with Crippen LogP contribution in [-0.4, -0.2) is 22.4 Å². The number of halogens is 3. The Morgan fingerprint density at radius 2 is 1.86 bits per heavy atom. The third-order valence-electron chi connectivity index (χ3n) is 4.28. The fourth-order valence-corrected chi connectivity index (χ4v) is 3.98. The van der Waals surface area contributed by atoms with Crippen molar-refractivity contribution in [3.8, 4) is 0 Å². The van der Waals surface area contributed by atoms with Gasteiger partial charge in [0.2, 0.25) is 0 Å². The Kier molecular flexibility index (Phi) is 6.29. The molecule has 0 aliphatic heterocycles. The number of carbonyl (C=O) groups excluding carboxylic acids is 1. The zero-order valence-electron chi connectivity index (χ0n) is 16.1. The molecular weight excluding hydrogens is 416 g/mol. The number of aromatic amines is 1. The highest BCUT2D eigenvalue weighted by molar-refractivity contribution is 7.99. The van der Waals surface area contributed by atoms with Crippen molar-refractivity contribution >= 4 is 29.3 Å². The molecule has 1 amide bonds. The van der Waals surface area contributed by atoms with Crippen LogP contribution in [0.3, 0.4) is 0 Å². The van der Waals surface area contributed by atoms with Gasteiger partial charge in [0.25, 0.3) is 11.8 Å². The molecule has 3 rings (SSSR count). The van der Waals surface area contributed by atoms with Gasteiger partial charge in [0.15, 0.2) is 5.69 Å². The summed E-state index contributed by atoms with van der Waals surface area (Å²) < 4.78 is 29.3. The Morgan fingerprint density at radius 3 is 2.52 bits per heavy atom. The Balaban J connectivity index is 1.74. The molecule has 29 heavy (non-hydrogen) atoms. The molecule has 0 fully saturated rings. The van der Waals surface area contributed by atoms with E-state index in [-0.39, 0.29) is 11.3 Å². The molecule has 0 atom stereocenters. The summed E-state index contributed by atoms with van der Waals surface area (Å²) in [6.45, 7) is 4.37. The van der Waals surface area contributed by atoms with Gasteiger partial charge in [-0.25, -0.2) is 4.98 Å². The van der Waals surface area contributed by atoms with Crippen molar-refractivity contribution in [3.05, 3.63) is 75.7 Å². The highest BCUT2D eigenvalue weighted by Crippen LogP contribution is 2.32. The first-order valence-electron chi connectivity index (χ1n) is 8.89. The van der Waals surface area contributed by atoms with Crippen molar-refractivity contribution in [2.75, 3.05) is 6.54 Å². The van der Waals surface area contributed by atoms with Crippen LogP contribution in [0.4, 0.5) is 8.78 Å². The van der Waals surface area contributed by atoms with Gasteiger partial charge in [0.1, 0.15) is 10.9 Å². The predicted molar refractivity (Wildman–Crippen MR) is 111 cm³/mol. The number of imidazole rings is 1. The van der Waals surface area contributed by atoms with Gasteiger partial charge < -0.3 is 10.3 Å². The van der Waals surface area contributed by atoms with Gasteiger partial charge in [-0.05, 0) is 50.6 Å². The lowest BCUT2D eigenvalue weighted by Crippen LogP contribution is -2.35. The molecule has 1 heterocycles. The third-order valence-corrected chi connectivity index (χ3v) is 5.54. The van der Waals surface area contributed by atoms with Crippen LogP contribution in [-0.2, 0) is 5.92 Å². The van der Waals surface area contributed by atoms with E-state index >= 15 is 0 Å². The number of rotatable bonds is 6. The largest absolute Gasteiger partial charge is 0.344 e. The second-order valence-electron chi connectivity index (χ2n) is 6.76. The highest BCUT2D eigenvalue weighted by Gasteiger charge is 2.34. The first-order valence-corrected chi connectivity index (χ1v) is 10.1. The number of benzene rings is 2. The van der Waals surface area contributed by atoms with E-state index in [1.165, 1.54) is 17.8 Å². The van der Waals surface area contributed by atoms with Gasteiger partial charge >= 0.3 is 0 Å². The minimum absolute atomic E-state index is 0.0823. The summed E-state index contributed by atoms with van der Waals surface area (Å²) in [7, 11) is 0. The first-order chi connectivity index (χ1) is 13.7. The number of nitrogens with one attached hydrogen (secondary N) is 2. The standard InChI is InChI=1S/C21H20ClF2N3OS/c1-12-4-9-17(13(2)10-12)21(23,24)11-25-19(28)18-20(27-14(3)26-18)29-16-7-5-15(22)6-8-16/h4-10H,11H2,1-3H3,(H,25,28)(H,26,27). The molecule has 0 aliphatic carbocycles. The number of amides is 1. The molecule has 1 aromatic heterocycles. The van der Waals surface area contributed by atoms with Crippen molar-refractivity contribution in [2.24, 2.45) is 0 Å². The number of carbonyl (C=O) groups is 1. The van der Waals surface area contributed by atoms with Crippen LogP contribution in [0.2, 0.25) is 5.02 Å². The van der Waals surface area contributed by atoms with Crippen LogP contribution in [0.25, 0.3) is 0 Å². The lowest BCUT2D eigenvalue weighted by atomic mass is 10.0. The summed E-state index contributed by atoms with van der Waals surface area (Å²) in [4.78, 5) is 20.6. The lowest BCUT2D eigenvalue weighted by molar-refractivity contribution is -0.00314. The molecular formula is C21H20ClF2N3OS. The van der Waals surface area contributed by atoms with E-state index in [0.717, 1.165) is 10.5 Å². The topological polar surface area (TPSA) is 57.8 Å². The molecule has 0 saturated carbocycles.